The van der Waals surface area contributed by atoms with Crippen molar-refractivity contribution in [1.82, 2.24) is 25.2 Å². The quantitative estimate of drug-likeness (QED) is 0.329. The molecule has 186 valence electrons. The second kappa shape index (κ2) is 10.9. The van der Waals surface area contributed by atoms with Gasteiger partial charge in [-0.2, -0.15) is 0 Å². The lowest BCUT2D eigenvalue weighted by atomic mass is 10.0. The van der Waals surface area contributed by atoms with Crippen molar-refractivity contribution in [1.29, 1.82) is 0 Å². The smallest absolute Gasteiger partial charge is 0.247 e. The minimum Gasteiger partial charge on any atom is -0.467 e. The molecule has 2 aromatic heterocycles. The molecule has 0 saturated carbocycles. The molecule has 1 N–H and O–H groups in total. The van der Waals surface area contributed by atoms with Gasteiger partial charge in [0.15, 0.2) is 0 Å². The minimum atomic E-state index is -1.04. The number of para-hydroxylation sites is 1. The van der Waals surface area contributed by atoms with Crippen LogP contribution in [0.3, 0.4) is 0 Å². The van der Waals surface area contributed by atoms with Gasteiger partial charge >= 0.3 is 0 Å². The summed E-state index contributed by atoms with van der Waals surface area (Å²) in [7, 11) is 0. The van der Waals surface area contributed by atoms with E-state index in [1.54, 1.807) is 12.1 Å². The first-order valence-corrected chi connectivity index (χ1v) is 11.8. The van der Waals surface area contributed by atoms with Gasteiger partial charge in [0, 0.05) is 6.54 Å². The third-order valence-corrected chi connectivity index (χ3v) is 5.99. The van der Waals surface area contributed by atoms with Gasteiger partial charge in [0.2, 0.25) is 11.8 Å². The fourth-order valence-corrected chi connectivity index (χ4v) is 4.15. The van der Waals surface area contributed by atoms with Crippen molar-refractivity contribution in [3.05, 3.63) is 120 Å². The number of carbonyl (C=O) groups excluding carboxylic acids is 2. The zero-order valence-corrected chi connectivity index (χ0v) is 19.8. The van der Waals surface area contributed by atoms with Gasteiger partial charge in [-0.25, -0.2) is 9.07 Å². The molecule has 0 saturated heterocycles. The zero-order chi connectivity index (χ0) is 25.6. The maximum absolute atomic E-state index is 13.8. The summed E-state index contributed by atoms with van der Waals surface area (Å²) in [6, 6.07) is 24.7. The number of furan rings is 1. The normalized spacial score (nSPS) is 11.8. The molecule has 3 aromatic carbocycles. The molecule has 0 unspecified atom stereocenters. The van der Waals surface area contributed by atoms with Crippen LogP contribution in [-0.4, -0.2) is 31.7 Å². The van der Waals surface area contributed by atoms with Crippen LogP contribution in [0.5, 0.6) is 0 Å². The van der Waals surface area contributed by atoms with Crippen molar-refractivity contribution in [3.63, 3.8) is 0 Å². The Balaban J connectivity index is 1.49. The van der Waals surface area contributed by atoms with Crippen molar-refractivity contribution in [2.45, 2.75) is 25.7 Å². The molecule has 0 spiro atoms. The molecule has 8 nitrogen and oxygen atoms in total. The number of aromatic nitrogens is 3. The van der Waals surface area contributed by atoms with Crippen LogP contribution in [0.1, 0.15) is 22.9 Å². The molecule has 37 heavy (non-hydrogen) atoms. The summed E-state index contributed by atoms with van der Waals surface area (Å²) in [5, 5.41) is 11.2. The van der Waals surface area contributed by atoms with E-state index < -0.39 is 17.8 Å². The molecule has 0 radical (unpaired) electrons. The Morgan fingerprint density at radius 3 is 2.46 bits per heavy atom. The molecule has 2 amide bonds. The van der Waals surface area contributed by atoms with E-state index in [1.807, 2.05) is 54.6 Å². The van der Waals surface area contributed by atoms with Gasteiger partial charge in [-0.15, -0.1) is 5.10 Å². The Morgan fingerprint density at radius 1 is 0.946 bits per heavy atom. The maximum atomic E-state index is 13.8. The second-order valence-corrected chi connectivity index (χ2v) is 8.49. The number of nitrogens with zero attached hydrogens (tertiary/aromatic N) is 4. The summed E-state index contributed by atoms with van der Waals surface area (Å²) in [6.45, 7) is 0.151. The molecule has 0 aliphatic rings. The SMILES string of the molecule is O=C(NCc1ccccc1)[C@H](c1ccc(F)cc1)N(Cc1ccco1)C(=O)Cn1nnc2ccccc21. The highest BCUT2D eigenvalue weighted by Crippen LogP contribution is 2.25. The number of benzene rings is 3. The molecule has 5 aromatic rings. The van der Waals surface area contributed by atoms with Crippen molar-refractivity contribution >= 4 is 22.8 Å². The third kappa shape index (κ3) is 5.56. The standard InChI is InChI=1S/C28H24FN5O3/c29-22-14-12-21(13-15-22)27(28(36)30-17-20-7-2-1-3-8-20)33(18-23-9-6-16-37-23)26(35)19-34-25-11-5-4-10-24(25)31-32-34/h1-16,27H,17-19H2,(H,30,36)/t27-/m0/s1. The lowest BCUT2D eigenvalue weighted by Crippen LogP contribution is -2.44. The summed E-state index contributed by atoms with van der Waals surface area (Å²) < 4.78 is 20.8. The van der Waals surface area contributed by atoms with Gasteiger partial charge in [-0.1, -0.05) is 59.8 Å². The second-order valence-electron chi connectivity index (χ2n) is 8.49. The van der Waals surface area contributed by atoms with Crippen molar-refractivity contribution in [2.24, 2.45) is 0 Å². The zero-order valence-electron chi connectivity index (χ0n) is 19.8. The van der Waals surface area contributed by atoms with Gasteiger partial charge < -0.3 is 14.6 Å². The Labute approximate surface area is 212 Å². The summed E-state index contributed by atoms with van der Waals surface area (Å²) >= 11 is 0. The summed E-state index contributed by atoms with van der Waals surface area (Å²) in [5.74, 6) is -0.722. The van der Waals surface area contributed by atoms with E-state index in [0.717, 1.165) is 5.56 Å². The van der Waals surface area contributed by atoms with Crippen LogP contribution < -0.4 is 5.32 Å². The van der Waals surface area contributed by atoms with Crippen molar-refractivity contribution in [2.75, 3.05) is 0 Å². The topological polar surface area (TPSA) is 93.3 Å². The predicted molar refractivity (Wildman–Crippen MR) is 134 cm³/mol. The number of fused-ring (bicyclic) bond motifs is 1. The van der Waals surface area contributed by atoms with Gasteiger partial charge in [0.25, 0.3) is 0 Å². The monoisotopic (exact) mass is 497 g/mol. The summed E-state index contributed by atoms with van der Waals surface area (Å²) in [6.07, 6.45) is 1.51. The first-order valence-electron chi connectivity index (χ1n) is 11.8. The molecule has 9 heteroatoms. The number of hydrogen-bond acceptors (Lipinski definition) is 5. The number of rotatable bonds is 9. The van der Waals surface area contributed by atoms with Gasteiger partial charge in [-0.3, -0.25) is 9.59 Å². The van der Waals surface area contributed by atoms with Crippen molar-refractivity contribution < 1.29 is 18.4 Å². The van der Waals surface area contributed by atoms with E-state index in [-0.39, 0.29) is 25.5 Å². The van der Waals surface area contributed by atoms with Crippen LogP contribution >= 0.6 is 0 Å². The number of carbonyl (C=O) groups is 2. The molecule has 5 rings (SSSR count). The van der Waals surface area contributed by atoms with Crippen LogP contribution in [0, 0.1) is 5.82 Å². The molecular formula is C28H24FN5O3. The molecule has 0 aliphatic carbocycles. The molecule has 1 atom stereocenters. The highest BCUT2D eigenvalue weighted by atomic mass is 19.1. The Kier molecular flexibility index (Phi) is 7.02. The number of hydrogen-bond donors (Lipinski definition) is 1. The lowest BCUT2D eigenvalue weighted by molar-refractivity contribution is -0.142. The predicted octanol–water partition coefficient (Wildman–Crippen LogP) is 4.25. The number of halogens is 1. The Hall–Kier alpha value is -4.79. The molecule has 0 fully saturated rings. The van der Waals surface area contributed by atoms with E-state index in [0.29, 0.717) is 22.4 Å². The maximum Gasteiger partial charge on any atom is 0.247 e. The third-order valence-electron chi connectivity index (χ3n) is 5.99. The van der Waals surface area contributed by atoms with Crippen LogP contribution in [0.2, 0.25) is 0 Å². The Bertz CT molecular complexity index is 1480. The van der Waals surface area contributed by atoms with Crippen LogP contribution in [0.15, 0.2) is 102 Å². The molecule has 0 aliphatic heterocycles. The fraction of sp³-hybridized carbons (Fsp3) is 0.143. The largest absolute Gasteiger partial charge is 0.467 e. The van der Waals surface area contributed by atoms with Crippen LogP contribution in [-0.2, 0) is 29.2 Å². The first kappa shape index (κ1) is 23.9. The average molecular weight is 498 g/mol. The summed E-state index contributed by atoms with van der Waals surface area (Å²) in [5.41, 5.74) is 2.73. The lowest BCUT2D eigenvalue weighted by Gasteiger charge is -2.31. The fourth-order valence-electron chi connectivity index (χ4n) is 4.15. The van der Waals surface area contributed by atoms with Gasteiger partial charge in [-0.05, 0) is 47.5 Å². The molecule has 2 heterocycles. The number of nitrogens with one attached hydrogen (secondary N) is 1. The Morgan fingerprint density at radius 2 is 1.70 bits per heavy atom. The van der Waals surface area contributed by atoms with Crippen molar-refractivity contribution in [3.8, 4) is 0 Å². The van der Waals surface area contributed by atoms with E-state index in [9.17, 15) is 14.0 Å². The van der Waals surface area contributed by atoms with Crippen LogP contribution in [0.25, 0.3) is 11.0 Å². The molecular weight excluding hydrogens is 473 g/mol. The van der Waals surface area contributed by atoms with Gasteiger partial charge in [0.1, 0.15) is 29.7 Å². The highest BCUT2D eigenvalue weighted by molar-refractivity contribution is 5.89. The summed E-state index contributed by atoms with van der Waals surface area (Å²) in [4.78, 5) is 28.8. The average Bonchev–Trinajstić information content (AvgIpc) is 3.59. The first-order chi connectivity index (χ1) is 18.1. The van der Waals surface area contributed by atoms with E-state index in [1.165, 1.54) is 40.1 Å². The van der Waals surface area contributed by atoms with E-state index in [4.69, 9.17) is 4.42 Å². The molecule has 0 bridgehead atoms. The number of amides is 2. The van der Waals surface area contributed by atoms with Gasteiger partial charge in [0.05, 0.1) is 18.3 Å². The minimum absolute atomic E-state index is 0.0270. The van der Waals surface area contributed by atoms with Crippen LogP contribution in [0.4, 0.5) is 4.39 Å². The van der Waals surface area contributed by atoms with E-state index >= 15 is 0 Å². The van der Waals surface area contributed by atoms with E-state index in [2.05, 4.69) is 15.6 Å². The highest BCUT2D eigenvalue weighted by Gasteiger charge is 2.32.